The van der Waals surface area contributed by atoms with Crippen molar-refractivity contribution in [3.8, 4) is 0 Å². The van der Waals surface area contributed by atoms with E-state index in [1.807, 2.05) is 10.2 Å². The number of aromatic amines is 2. The number of H-pyrrole nitrogens is 2. The standard InChI is InChI=1S/C16H17F3N2O2/c1-15(2,3)13(22)10-6-4-9(5-7-10)8-11-12(16(17,18)19)20-21-14(11)23/h4-7H,8H2,1-3H3,(H2,20,21,23). The number of benzene rings is 1. The molecule has 0 saturated heterocycles. The Hall–Kier alpha value is -2.31. The van der Waals surface area contributed by atoms with E-state index in [1.165, 1.54) is 0 Å². The summed E-state index contributed by atoms with van der Waals surface area (Å²) in [6.45, 7) is 5.37. The topological polar surface area (TPSA) is 65.7 Å². The summed E-state index contributed by atoms with van der Waals surface area (Å²) in [6.07, 6.45) is -4.80. The van der Waals surface area contributed by atoms with Gasteiger partial charge in [-0.05, 0) is 5.56 Å². The lowest BCUT2D eigenvalue weighted by molar-refractivity contribution is -0.141. The second-order valence-electron chi connectivity index (χ2n) is 6.38. The largest absolute Gasteiger partial charge is 0.433 e. The fourth-order valence-electron chi connectivity index (χ4n) is 2.21. The fraction of sp³-hybridized carbons (Fsp3) is 0.375. The van der Waals surface area contributed by atoms with E-state index in [4.69, 9.17) is 0 Å². The van der Waals surface area contributed by atoms with Crippen molar-refractivity contribution in [3.63, 3.8) is 0 Å². The predicted octanol–water partition coefficient (Wildman–Crippen LogP) is 3.54. The molecule has 2 aromatic rings. The molecule has 0 aliphatic heterocycles. The van der Waals surface area contributed by atoms with E-state index in [1.54, 1.807) is 45.0 Å². The lowest BCUT2D eigenvalue weighted by Crippen LogP contribution is -2.20. The summed E-state index contributed by atoms with van der Waals surface area (Å²) in [5.74, 6) is -0.0560. The molecule has 23 heavy (non-hydrogen) atoms. The second kappa shape index (κ2) is 5.72. The molecule has 0 fully saturated rings. The quantitative estimate of drug-likeness (QED) is 0.847. The van der Waals surface area contributed by atoms with Crippen molar-refractivity contribution in [2.75, 3.05) is 0 Å². The molecule has 2 rings (SSSR count). The molecule has 4 nitrogen and oxygen atoms in total. The fourth-order valence-corrected chi connectivity index (χ4v) is 2.21. The van der Waals surface area contributed by atoms with Crippen molar-refractivity contribution < 1.29 is 18.0 Å². The Morgan fingerprint density at radius 1 is 1.04 bits per heavy atom. The molecule has 0 atom stereocenters. The minimum absolute atomic E-state index is 0.0560. The Bertz CT molecular complexity index is 762. The first-order valence-corrected chi connectivity index (χ1v) is 7.00. The first-order valence-electron chi connectivity index (χ1n) is 7.00. The number of carbonyl (C=O) groups is 1. The van der Waals surface area contributed by atoms with Gasteiger partial charge in [-0.1, -0.05) is 45.0 Å². The van der Waals surface area contributed by atoms with Crippen LogP contribution in [0.4, 0.5) is 13.2 Å². The van der Waals surface area contributed by atoms with Crippen molar-refractivity contribution in [2.45, 2.75) is 33.4 Å². The SMILES string of the molecule is CC(C)(C)C(=O)c1ccc(Cc2c(C(F)(F)F)[nH][nH]c2=O)cc1. The van der Waals surface area contributed by atoms with E-state index < -0.39 is 22.8 Å². The van der Waals surface area contributed by atoms with Crippen LogP contribution >= 0.6 is 0 Å². The van der Waals surface area contributed by atoms with E-state index in [9.17, 15) is 22.8 Å². The molecule has 1 aromatic carbocycles. The van der Waals surface area contributed by atoms with Crippen LogP contribution in [0.1, 0.15) is 48.0 Å². The van der Waals surface area contributed by atoms with Gasteiger partial charge in [0.25, 0.3) is 5.56 Å². The van der Waals surface area contributed by atoms with Gasteiger partial charge in [0, 0.05) is 17.4 Å². The molecule has 0 amide bonds. The van der Waals surface area contributed by atoms with Gasteiger partial charge in [0.2, 0.25) is 0 Å². The zero-order valence-electron chi connectivity index (χ0n) is 13.0. The van der Waals surface area contributed by atoms with Crippen molar-refractivity contribution in [1.29, 1.82) is 0 Å². The summed E-state index contributed by atoms with van der Waals surface area (Å²) >= 11 is 0. The molecule has 0 saturated carbocycles. The summed E-state index contributed by atoms with van der Waals surface area (Å²) in [6, 6.07) is 6.26. The molecular formula is C16H17F3N2O2. The highest BCUT2D eigenvalue weighted by Gasteiger charge is 2.36. The van der Waals surface area contributed by atoms with Gasteiger partial charge in [-0.2, -0.15) is 13.2 Å². The minimum atomic E-state index is -4.63. The number of aromatic nitrogens is 2. The number of alkyl halides is 3. The molecular weight excluding hydrogens is 309 g/mol. The summed E-state index contributed by atoms with van der Waals surface area (Å²) in [5, 5.41) is 3.83. The van der Waals surface area contributed by atoms with E-state index in [-0.39, 0.29) is 17.8 Å². The number of nitrogens with one attached hydrogen (secondary N) is 2. The average molecular weight is 326 g/mol. The highest BCUT2D eigenvalue weighted by molar-refractivity contribution is 5.99. The van der Waals surface area contributed by atoms with Crippen molar-refractivity contribution in [1.82, 2.24) is 10.2 Å². The van der Waals surface area contributed by atoms with Crippen molar-refractivity contribution >= 4 is 5.78 Å². The first-order chi connectivity index (χ1) is 10.5. The van der Waals surface area contributed by atoms with E-state index in [0.717, 1.165) is 0 Å². The highest BCUT2D eigenvalue weighted by atomic mass is 19.4. The van der Waals surface area contributed by atoms with Crippen LogP contribution in [0.25, 0.3) is 0 Å². The van der Waals surface area contributed by atoms with Crippen LogP contribution in [0.3, 0.4) is 0 Å². The molecule has 7 heteroatoms. The molecule has 0 unspecified atom stereocenters. The molecule has 0 radical (unpaired) electrons. The Morgan fingerprint density at radius 3 is 2.09 bits per heavy atom. The maximum absolute atomic E-state index is 12.8. The van der Waals surface area contributed by atoms with Gasteiger partial charge >= 0.3 is 6.18 Å². The van der Waals surface area contributed by atoms with E-state index in [0.29, 0.717) is 11.1 Å². The third kappa shape index (κ3) is 3.72. The number of ketones is 1. The zero-order valence-corrected chi connectivity index (χ0v) is 13.0. The number of rotatable bonds is 3. The molecule has 0 spiro atoms. The number of hydrogen-bond acceptors (Lipinski definition) is 2. The van der Waals surface area contributed by atoms with Gasteiger partial charge in [-0.15, -0.1) is 0 Å². The maximum Gasteiger partial charge on any atom is 0.433 e. The van der Waals surface area contributed by atoms with Gasteiger partial charge in [-0.3, -0.25) is 19.8 Å². The van der Waals surface area contributed by atoms with Crippen LogP contribution in [0.5, 0.6) is 0 Å². The normalized spacial score (nSPS) is 12.4. The third-order valence-corrected chi connectivity index (χ3v) is 3.44. The van der Waals surface area contributed by atoms with Crippen LogP contribution in [0.15, 0.2) is 29.1 Å². The van der Waals surface area contributed by atoms with Crippen LogP contribution in [-0.2, 0) is 12.6 Å². The number of carbonyl (C=O) groups excluding carboxylic acids is 1. The van der Waals surface area contributed by atoms with Gasteiger partial charge in [0.05, 0.1) is 5.56 Å². The van der Waals surface area contributed by atoms with Crippen molar-refractivity contribution in [2.24, 2.45) is 5.41 Å². The molecule has 1 heterocycles. The Kier molecular flexibility index (Phi) is 4.24. The predicted molar refractivity (Wildman–Crippen MR) is 79.4 cm³/mol. The monoisotopic (exact) mass is 326 g/mol. The van der Waals surface area contributed by atoms with E-state index in [2.05, 4.69) is 0 Å². The summed E-state index contributed by atoms with van der Waals surface area (Å²) in [7, 11) is 0. The van der Waals surface area contributed by atoms with E-state index >= 15 is 0 Å². The van der Waals surface area contributed by atoms with Gasteiger partial charge in [-0.25, -0.2) is 0 Å². The Labute approximate surface area is 130 Å². The lowest BCUT2D eigenvalue weighted by atomic mass is 9.86. The van der Waals surface area contributed by atoms with Crippen LogP contribution < -0.4 is 5.56 Å². The molecule has 0 bridgehead atoms. The smallest absolute Gasteiger partial charge is 0.294 e. The lowest BCUT2D eigenvalue weighted by Gasteiger charge is -2.16. The highest BCUT2D eigenvalue weighted by Crippen LogP contribution is 2.30. The number of Topliss-reactive ketones (excluding diaryl/α,β-unsaturated/α-hetero) is 1. The minimum Gasteiger partial charge on any atom is -0.294 e. The van der Waals surface area contributed by atoms with Crippen molar-refractivity contribution in [3.05, 3.63) is 57.0 Å². The maximum atomic E-state index is 12.8. The first kappa shape index (κ1) is 17.1. The Morgan fingerprint density at radius 2 is 1.61 bits per heavy atom. The molecule has 124 valence electrons. The molecule has 1 aromatic heterocycles. The average Bonchev–Trinajstić information content (AvgIpc) is 2.79. The second-order valence-corrected chi connectivity index (χ2v) is 6.38. The van der Waals surface area contributed by atoms with Gasteiger partial charge in [0.15, 0.2) is 5.78 Å². The van der Waals surface area contributed by atoms with Crippen LogP contribution in [-0.4, -0.2) is 16.0 Å². The van der Waals surface area contributed by atoms with Crippen LogP contribution in [0.2, 0.25) is 0 Å². The number of hydrogen-bond donors (Lipinski definition) is 2. The molecule has 0 aliphatic rings. The Balaban J connectivity index is 2.28. The van der Waals surface area contributed by atoms with Gasteiger partial charge in [0.1, 0.15) is 5.69 Å². The summed E-state index contributed by atoms with van der Waals surface area (Å²) in [5.41, 5.74) is -1.77. The molecule has 0 aliphatic carbocycles. The number of halogens is 3. The zero-order chi connectivity index (χ0) is 17.4. The molecule has 2 N–H and O–H groups in total. The summed E-state index contributed by atoms with van der Waals surface area (Å²) in [4.78, 5) is 23.7. The third-order valence-electron chi connectivity index (χ3n) is 3.44. The van der Waals surface area contributed by atoms with Gasteiger partial charge < -0.3 is 0 Å². The summed E-state index contributed by atoms with van der Waals surface area (Å²) < 4.78 is 38.5. The van der Waals surface area contributed by atoms with Crippen LogP contribution in [0, 0.1) is 5.41 Å².